The van der Waals surface area contributed by atoms with Gasteiger partial charge in [0.2, 0.25) is 0 Å². The average molecular weight is 362 g/mol. The molecule has 1 N–H and O–H groups in total. The van der Waals surface area contributed by atoms with Crippen molar-refractivity contribution < 1.29 is 4.79 Å². The first-order valence-corrected chi connectivity index (χ1v) is 9.36. The molecule has 0 radical (unpaired) electrons. The Kier molecular flexibility index (Phi) is 3.63. The molecule has 0 spiro atoms. The maximum Gasteiger partial charge on any atom is 0.256 e. The van der Waals surface area contributed by atoms with Crippen LogP contribution in [0.5, 0.6) is 0 Å². The molecule has 5 heterocycles. The van der Waals surface area contributed by atoms with Gasteiger partial charge in [0.25, 0.3) is 5.91 Å². The fourth-order valence-corrected chi connectivity index (χ4v) is 4.48. The van der Waals surface area contributed by atoms with Gasteiger partial charge in [-0.2, -0.15) is 0 Å². The highest BCUT2D eigenvalue weighted by Gasteiger charge is 2.42. The number of hydrogen-bond donors (Lipinski definition) is 1. The van der Waals surface area contributed by atoms with E-state index in [1.807, 2.05) is 24.0 Å². The maximum atomic E-state index is 13.0. The number of amides is 1. The van der Waals surface area contributed by atoms with Crippen LogP contribution in [0.3, 0.4) is 0 Å². The fourth-order valence-electron chi connectivity index (χ4n) is 4.48. The molecule has 2 saturated heterocycles. The van der Waals surface area contributed by atoms with Gasteiger partial charge in [-0.3, -0.25) is 4.79 Å². The summed E-state index contributed by atoms with van der Waals surface area (Å²) in [4.78, 5) is 33.6. The van der Waals surface area contributed by atoms with Gasteiger partial charge in [0.15, 0.2) is 0 Å². The zero-order valence-electron chi connectivity index (χ0n) is 15.5. The number of carbonyl (C=O) groups is 1. The quantitative estimate of drug-likeness (QED) is 0.756. The van der Waals surface area contributed by atoms with E-state index in [0.29, 0.717) is 11.8 Å². The Hall–Kier alpha value is -2.96. The lowest BCUT2D eigenvalue weighted by Crippen LogP contribution is -2.33. The van der Waals surface area contributed by atoms with Crippen LogP contribution in [0.1, 0.15) is 21.6 Å². The number of carbonyl (C=O) groups excluding carboxylic acids is 1. The Morgan fingerprint density at radius 1 is 1.11 bits per heavy atom. The lowest BCUT2D eigenvalue weighted by Gasteiger charge is -2.23. The van der Waals surface area contributed by atoms with E-state index >= 15 is 0 Å². The van der Waals surface area contributed by atoms with Gasteiger partial charge in [-0.15, -0.1) is 0 Å². The number of fused-ring (bicyclic) bond motifs is 2. The van der Waals surface area contributed by atoms with Crippen LogP contribution in [-0.2, 0) is 0 Å². The molecular formula is C20H22N6O. The number of aryl methyl sites for hydroxylation is 1. The number of likely N-dealkylation sites (tertiary alicyclic amines) is 1. The summed E-state index contributed by atoms with van der Waals surface area (Å²) in [5.41, 5.74) is 3.66. The number of aromatic nitrogens is 4. The minimum atomic E-state index is 0.101. The van der Waals surface area contributed by atoms with Crippen LogP contribution >= 0.6 is 0 Å². The summed E-state index contributed by atoms with van der Waals surface area (Å²) in [5, 5.41) is 0.897. The van der Waals surface area contributed by atoms with E-state index in [9.17, 15) is 4.79 Å². The third-order valence-electron chi connectivity index (χ3n) is 6.06. The minimum Gasteiger partial charge on any atom is -0.356 e. The molecule has 2 fully saturated rings. The van der Waals surface area contributed by atoms with Gasteiger partial charge >= 0.3 is 0 Å². The topological polar surface area (TPSA) is 78.0 Å². The molecule has 2 unspecified atom stereocenters. The molecule has 2 aliphatic heterocycles. The number of H-pyrrole nitrogens is 1. The molecule has 5 rings (SSSR count). The summed E-state index contributed by atoms with van der Waals surface area (Å²) in [7, 11) is 0. The molecule has 27 heavy (non-hydrogen) atoms. The summed E-state index contributed by atoms with van der Waals surface area (Å²) < 4.78 is 0. The van der Waals surface area contributed by atoms with Crippen molar-refractivity contribution in [2.75, 3.05) is 31.1 Å². The van der Waals surface area contributed by atoms with E-state index in [1.165, 1.54) is 0 Å². The standard InChI is InChI=1S/C20H22N6O/c1-12-13(2)23-11-24-19(12)25-7-14-9-26(10-15(14)8-25)20(27)17-6-22-18-16(17)4-3-5-21-18/h3-6,11,14-15H,7-10H2,1-2H3,(H,21,22). The second-order valence-corrected chi connectivity index (χ2v) is 7.64. The van der Waals surface area contributed by atoms with Gasteiger partial charge in [0.1, 0.15) is 17.8 Å². The SMILES string of the molecule is Cc1ncnc(N2CC3CN(C(=O)c4c[nH]c5ncccc45)CC3C2)c1C. The van der Waals surface area contributed by atoms with Crippen LogP contribution in [0.25, 0.3) is 11.0 Å². The zero-order chi connectivity index (χ0) is 18.5. The summed E-state index contributed by atoms with van der Waals surface area (Å²) in [6, 6.07) is 3.82. The molecular weight excluding hydrogens is 340 g/mol. The van der Waals surface area contributed by atoms with E-state index in [2.05, 4.69) is 31.8 Å². The maximum absolute atomic E-state index is 13.0. The third-order valence-corrected chi connectivity index (χ3v) is 6.06. The van der Waals surface area contributed by atoms with Crippen LogP contribution in [0, 0.1) is 25.7 Å². The van der Waals surface area contributed by atoms with Crippen molar-refractivity contribution in [3.05, 3.63) is 47.7 Å². The van der Waals surface area contributed by atoms with Crippen LogP contribution < -0.4 is 4.90 Å². The molecule has 2 atom stereocenters. The molecule has 0 saturated carbocycles. The molecule has 1 amide bonds. The van der Waals surface area contributed by atoms with Crippen LogP contribution in [0.15, 0.2) is 30.9 Å². The summed E-state index contributed by atoms with van der Waals surface area (Å²) in [5.74, 6) is 2.13. The van der Waals surface area contributed by atoms with Crippen molar-refractivity contribution in [2.24, 2.45) is 11.8 Å². The molecule has 3 aromatic heterocycles. The monoisotopic (exact) mass is 362 g/mol. The molecule has 7 nitrogen and oxygen atoms in total. The first kappa shape index (κ1) is 16.2. The van der Waals surface area contributed by atoms with Crippen LogP contribution in [-0.4, -0.2) is 56.9 Å². The molecule has 138 valence electrons. The van der Waals surface area contributed by atoms with Crippen molar-refractivity contribution in [1.82, 2.24) is 24.8 Å². The molecule has 3 aromatic rings. The number of nitrogens with one attached hydrogen (secondary N) is 1. The summed E-state index contributed by atoms with van der Waals surface area (Å²) in [6.45, 7) is 7.60. The fraction of sp³-hybridized carbons (Fsp3) is 0.400. The van der Waals surface area contributed by atoms with Crippen molar-refractivity contribution in [3.8, 4) is 0 Å². The van der Waals surface area contributed by atoms with E-state index in [1.54, 1.807) is 18.7 Å². The van der Waals surface area contributed by atoms with Crippen molar-refractivity contribution in [2.45, 2.75) is 13.8 Å². The van der Waals surface area contributed by atoms with Gasteiger partial charge in [-0.25, -0.2) is 15.0 Å². The van der Waals surface area contributed by atoms with Gasteiger partial charge in [0.05, 0.1) is 5.56 Å². The minimum absolute atomic E-state index is 0.101. The molecule has 0 aromatic carbocycles. The summed E-state index contributed by atoms with van der Waals surface area (Å²) in [6.07, 6.45) is 5.17. The van der Waals surface area contributed by atoms with Crippen molar-refractivity contribution in [1.29, 1.82) is 0 Å². The summed E-state index contributed by atoms with van der Waals surface area (Å²) >= 11 is 0. The Morgan fingerprint density at radius 3 is 2.67 bits per heavy atom. The Morgan fingerprint density at radius 2 is 1.89 bits per heavy atom. The largest absolute Gasteiger partial charge is 0.356 e. The number of nitrogens with zero attached hydrogens (tertiary/aromatic N) is 5. The van der Waals surface area contributed by atoms with E-state index in [0.717, 1.165) is 59.9 Å². The highest BCUT2D eigenvalue weighted by Crippen LogP contribution is 2.35. The number of pyridine rings is 1. The number of anilines is 1. The first-order chi connectivity index (χ1) is 13.1. The number of aromatic amines is 1. The van der Waals surface area contributed by atoms with Crippen LogP contribution in [0.4, 0.5) is 5.82 Å². The highest BCUT2D eigenvalue weighted by atomic mass is 16.2. The normalized spacial score (nSPS) is 21.9. The van der Waals surface area contributed by atoms with E-state index in [-0.39, 0.29) is 5.91 Å². The second-order valence-electron chi connectivity index (χ2n) is 7.64. The average Bonchev–Trinajstić information content (AvgIpc) is 3.36. The van der Waals surface area contributed by atoms with Gasteiger partial charge in [-0.05, 0) is 26.0 Å². The van der Waals surface area contributed by atoms with E-state index < -0.39 is 0 Å². The van der Waals surface area contributed by atoms with Crippen molar-refractivity contribution in [3.63, 3.8) is 0 Å². The molecule has 0 aliphatic carbocycles. The van der Waals surface area contributed by atoms with Gasteiger partial charge in [-0.1, -0.05) is 0 Å². The highest BCUT2D eigenvalue weighted by molar-refractivity contribution is 6.06. The van der Waals surface area contributed by atoms with E-state index in [4.69, 9.17) is 0 Å². The van der Waals surface area contributed by atoms with Gasteiger partial charge in [0, 0.05) is 67.1 Å². The number of rotatable bonds is 2. The lowest BCUT2D eigenvalue weighted by atomic mass is 10.0. The molecule has 2 aliphatic rings. The molecule has 7 heteroatoms. The second kappa shape index (κ2) is 6.04. The Bertz CT molecular complexity index is 1010. The molecule has 0 bridgehead atoms. The van der Waals surface area contributed by atoms with Crippen molar-refractivity contribution >= 4 is 22.8 Å². The Labute approximate surface area is 157 Å². The predicted molar refractivity (Wildman–Crippen MR) is 103 cm³/mol. The number of hydrogen-bond acceptors (Lipinski definition) is 5. The lowest BCUT2D eigenvalue weighted by molar-refractivity contribution is 0.0784. The third kappa shape index (κ3) is 2.57. The van der Waals surface area contributed by atoms with Crippen LogP contribution in [0.2, 0.25) is 0 Å². The Balaban J connectivity index is 1.32. The predicted octanol–water partition coefficient (Wildman–Crippen LogP) is 2.18. The zero-order valence-corrected chi connectivity index (χ0v) is 15.5. The first-order valence-electron chi connectivity index (χ1n) is 9.36. The smallest absolute Gasteiger partial charge is 0.256 e. The van der Waals surface area contributed by atoms with Gasteiger partial charge < -0.3 is 14.8 Å².